The maximum atomic E-state index is 11.7. The lowest BCUT2D eigenvalue weighted by Crippen LogP contribution is -2.33. The topological polar surface area (TPSA) is 114 Å². The molecule has 1 aromatic carbocycles. The molecule has 1 aliphatic carbocycles. The van der Waals surface area contributed by atoms with Crippen molar-refractivity contribution >= 4 is 29.1 Å². The number of benzene rings is 1. The summed E-state index contributed by atoms with van der Waals surface area (Å²) in [5.41, 5.74) is 8.74. The number of amides is 3. The molecule has 7 nitrogen and oxygen atoms in total. The van der Waals surface area contributed by atoms with E-state index in [0.29, 0.717) is 17.0 Å². The van der Waals surface area contributed by atoms with Crippen molar-refractivity contribution in [2.24, 2.45) is 16.8 Å². The van der Waals surface area contributed by atoms with Crippen molar-refractivity contribution in [3.05, 3.63) is 29.8 Å². The van der Waals surface area contributed by atoms with E-state index in [0.717, 1.165) is 12.8 Å². The van der Waals surface area contributed by atoms with Crippen molar-refractivity contribution in [2.45, 2.75) is 19.8 Å². The van der Waals surface area contributed by atoms with Gasteiger partial charge in [-0.05, 0) is 37.5 Å². The number of anilines is 1. The summed E-state index contributed by atoms with van der Waals surface area (Å²) in [4.78, 5) is 33.3. The molecule has 0 heterocycles. The van der Waals surface area contributed by atoms with Crippen molar-refractivity contribution in [3.8, 4) is 0 Å². The summed E-state index contributed by atoms with van der Waals surface area (Å²) in [5.74, 6) is -1.94. The third-order valence-corrected chi connectivity index (χ3v) is 3.04. The van der Waals surface area contributed by atoms with E-state index in [1.807, 2.05) is 0 Å². The van der Waals surface area contributed by atoms with Crippen LogP contribution in [0.25, 0.3) is 0 Å². The average molecular weight is 288 g/mol. The highest BCUT2D eigenvalue weighted by Gasteiger charge is 2.29. The van der Waals surface area contributed by atoms with Crippen LogP contribution < -0.4 is 16.5 Å². The van der Waals surface area contributed by atoms with Gasteiger partial charge in [-0.3, -0.25) is 14.4 Å². The fraction of sp³-hybridized carbons (Fsp3) is 0.286. The fourth-order valence-corrected chi connectivity index (χ4v) is 1.67. The zero-order valence-electron chi connectivity index (χ0n) is 11.6. The SMILES string of the molecule is C/C(=N/NC(=O)C(N)=O)c1cccc(NC(=O)C2CC2)c1. The Labute approximate surface area is 121 Å². The molecule has 1 saturated carbocycles. The minimum absolute atomic E-state index is 0.0174. The molecule has 0 bridgehead atoms. The molecule has 1 aliphatic rings. The van der Waals surface area contributed by atoms with Gasteiger partial charge in [0, 0.05) is 11.6 Å². The number of hydrogen-bond donors (Lipinski definition) is 3. The van der Waals surface area contributed by atoms with Crippen LogP contribution in [0.15, 0.2) is 29.4 Å². The van der Waals surface area contributed by atoms with E-state index >= 15 is 0 Å². The molecule has 1 fully saturated rings. The second kappa shape index (κ2) is 6.17. The largest absolute Gasteiger partial charge is 0.361 e. The summed E-state index contributed by atoms with van der Waals surface area (Å²) in [6.07, 6.45) is 1.87. The van der Waals surface area contributed by atoms with E-state index in [1.54, 1.807) is 31.2 Å². The number of carbonyl (C=O) groups excluding carboxylic acids is 3. The van der Waals surface area contributed by atoms with E-state index < -0.39 is 11.8 Å². The predicted molar refractivity (Wildman–Crippen MR) is 77.3 cm³/mol. The highest BCUT2D eigenvalue weighted by Crippen LogP contribution is 2.30. The van der Waals surface area contributed by atoms with Crippen LogP contribution in [0.5, 0.6) is 0 Å². The summed E-state index contributed by atoms with van der Waals surface area (Å²) in [7, 11) is 0. The molecule has 3 amide bonds. The van der Waals surface area contributed by atoms with Gasteiger partial charge >= 0.3 is 11.8 Å². The van der Waals surface area contributed by atoms with Crippen molar-refractivity contribution in [3.63, 3.8) is 0 Å². The number of nitrogens with one attached hydrogen (secondary N) is 2. The first kappa shape index (κ1) is 14.7. The monoisotopic (exact) mass is 288 g/mol. The van der Waals surface area contributed by atoms with E-state index in [2.05, 4.69) is 15.8 Å². The predicted octanol–water partition coefficient (Wildman–Crippen LogP) is 0.361. The maximum Gasteiger partial charge on any atom is 0.329 e. The molecule has 0 aromatic heterocycles. The minimum atomic E-state index is -1.10. The number of primary amides is 1. The second-order valence-electron chi connectivity index (χ2n) is 4.85. The van der Waals surface area contributed by atoms with E-state index in [1.165, 1.54) is 0 Å². The van der Waals surface area contributed by atoms with Gasteiger partial charge in [-0.25, -0.2) is 5.43 Å². The molecule has 21 heavy (non-hydrogen) atoms. The van der Waals surface area contributed by atoms with Gasteiger partial charge in [-0.15, -0.1) is 0 Å². The molecule has 0 saturated heterocycles. The van der Waals surface area contributed by atoms with E-state index in [-0.39, 0.29) is 11.8 Å². The van der Waals surface area contributed by atoms with Crippen molar-refractivity contribution in [1.29, 1.82) is 0 Å². The molecule has 0 spiro atoms. The Morgan fingerprint density at radius 2 is 2.00 bits per heavy atom. The third-order valence-electron chi connectivity index (χ3n) is 3.04. The first-order valence-electron chi connectivity index (χ1n) is 6.52. The lowest BCUT2D eigenvalue weighted by atomic mass is 10.1. The Balaban J connectivity index is 2.05. The van der Waals surface area contributed by atoms with Crippen LogP contribution in [0.1, 0.15) is 25.3 Å². The molecular weight excluding hydrogens is 272 g/mol. The molecular formula is C14H16N4O3. The average Bonchev–Trinajstić information content (AvgIpc) is 3.29. The standard InChI is InChI=1S/C14H16N4O3/c1-8(17-18-14(21)12(15)19)10-3-2-4-11(7-10)16-13(20)9-5-6-9/h2-4,7,9H,5-6H2,1H3,(H2,15,19)(H,16,20)(H,18,21)/b17-8-. The number of hydrogen-bond acceptors (Lipinski definition) is 4. The Kier molecular flexibility index (Phi) is 4.32. The summed E-state index contributed by atoms with van der Waals surface area (Å²) in [5, 5.41) is 6.61. The van der Waals surface area contributed by atoms with Gasteiger partial charge in [0.25, 0.3) is 0 Å². The molecule has 2 rings (SSSR count). The third kappa shape index (κ3) is 4.13. The fourth-order valence-electron chi connectivity index (χ4n) is 1.67. The smallest absolute Gasteiger partial charge is 0.329 e. The summed E-state index contributed by atoms with van der Waals surface area (Å²) in [6, 6.07) is 7.07. The van der Waals surface area contributed by atoms with Gasteiger partial charge in [-0.2, -0.15) is 5.10 Å². The maximum absolute atomic E-state index is 11.7. The minimum Gasteiger partial charge on any atom is -0.361 e. The van der Waals surface area contributed by atoms with E-state index in [4.69, 9.17) is 5.73 Å². The lowest BCUT2D eigenvalue weighted by Gasteiger charge is -2.07. The van der Waals surface area contributed by atoms with Gasteiger partial charge in [0.15, 0.2) is 0 Å². The molecule has 0 radical (unpaired) electrons. The van der Waals surface area contributed by atoms with E-state index in [9.17, 15) is 14.4 Å². The van der Waals surface area contributed by atoms with Crippen LogP contribution in [0.2, 0.25) is 0 Å². The van der Waals surface area contributed by atoms with Gasteiger partial charge in [-0.1, -0.05) is 12.1 Å². The summed E-state index contributed by atoms with van der Waals surface area (Å²) >= 11 is 0. The normalized spacial score (nSPS) is 14.4. The lowest BCUT2D eigenvalue weighted by molar-refractivity contribution is -0.137. The second-order valence-corrected chi connectivity index (χ2v) is 4.85. The van der Waals surface area contributed by atoms with Crippen LogP contribution in [0, 0.1) is 5.92 Å². The molecule has 4 N–H and O–H groups in total. The highest BCUT2D eigenvalue weighted by atomic mass is 16.2. The van der Waals surface area contributed by atoms with Crippen LogP contribution in [-0.2, 0) is 14.4 Å². The molecule has 1 aromatic rings. The van der Waals surface area contributed by atoms with Crippen LogP contribution in [0.3, 0.4) is 0 Å². The summed E-state index contributed by atoms with van der Waals surface area (Å²) < 4.78 is 0. The van der Waals surface area contributed by atoms with Gasteiger partial charge < -0.3 is 11.1 Å². The number of hydrazone groups is 1. The number of rotatable bonds is 4. The highest BCUT2D eigenvalue weighted by molar-refractivity contribution is 6.34. The van der Waals surface area contributed by atoms with Gasteiger partial charge in [0.2, 0.25) is 5.91 Å². The molecule has 0 atom stereocenters. The quantitative estimate of drug-likeness (QED) is 0.422. The van der Waals surface area contributed by atoms with Crippen molar-refractivity contribution in [2.75, 3.05) is 5.32 Å². The molecule has 0 aliphatic heterocycles. The van der Waals surface area contributed by atoms with Gasteiger partial charge in [0.05, 0.1) is 5.71 Å². The Morgan fingerprint density at radius 1 is 1.29 bits per heavy atom. The van der Waals surface area contributed by atoms with Crippen LogP contribution in [-0.4, -0.2) is 23.4 Å². The number of carbonyl (C=O) groups is 3. The van der Waals surface area contributed by atoms with Gasteiger partial charge in [0.1, 0.15) is 0 Å². The molecule has 0 unspecified atom stereocenters. The number of nitrogens with zero attached hydrogens (tertiary/aromatic N) is 1. The Bertz CT molecular complexity index is 620. The van der Waals surface area contributed by atoms with Crippen molar-refractivity contribution < 1.29 is 14.4 Å². The van der Waals surface area contributed by atoms with Crippen LogP contribution in [0.4, 0.5) is 5.69 Å². The van der Waals surface area contributed by atoms with Crippen molar-refractivity contribution in [1.82, 2.24) is 5.43 Å². The first-order valence-corrected chi connectivity index (χ1v) is 6.52. The molecule has 110 valence electrons. The Morgan fingerprint density at radius 3 is 2.62 bits per heavy atom. The first-order chi connectivity index (χ1) is 9.97. The molecule has 7 heteroatoms. The zero-order valence-corrected chi connectivity index (χ0v) is 11.6. The Hall–Kier alpha value is -2.70. The van der Waals surface area contributed by atoms with Crippen LogP contribution >= 0.6 is 0 Å². The number of nitrogens with two attached hydrogens (primary N) is 1. The summed E-state index contributed by atoms with van der Waals surface area (Å²) in [6.45, 7) is 1.67. The zero-order chi connectivity index (χ0) is 15.4.